The summed E-state index contributed by atoms with van der Waals surface area (Å²) in [5.74, 6) is 0. The van der Waals surface area contributed by atoms with Crippen molar-refractivity contribution in [1.29, 1.82) is 0 Å². The second-order valence-electron chi connectivity index (χ2n) is 6.75. The Balaban J connectivity index is 1.98. The SMILES string of the molecule is Brc1cc2c3ccccc3n(-c3ccccc3)c2c2c1oc1ccccc12. The Bertz CT molecular complexity index is 1470. The van der Waals surface area contributed by atoms with Crippen molar-refractivity contribution in [3.8, 4) is 5.69 Å². The Labute approximate surface area is 163 Å². The maximum Gasteiger partial charge on any atom is 0.151 e. The van der Waals surface area contributed by atoms with Gasteiger partial charge in [-0.25, -0.2) is 0 Å². The lowest BCUT2D eigenvalue weighted by molar-refractivity contribution is 0.667. The van der Waals surface area contributed by atoms with Gasteiger partial charge in [-0.05, 0) is 46.3 Å². The highest BCUT2D eigenvalue weighted by Crippen LogP contribution is 2.43. The first-order valence-electron chi connectivity index (χ1n) is 8.91. The topological polar surface area (TPSA) is 18.1 Å². The van der Waals surface area contributed by atoms with E-state index in [0.29, 0.717) is 0 Å². The number of furan rings is 1. The molecule has 0 spiro atoms. The lowest BCUT2D eigenvalue weighted by Gasteiger charge is -2.08. The zero-order valence-corrected chi connectivity index (χ0v) is 15.9. The van der Waals surface area contributed by atoms with Gasteiger partial charge >= 0.3 is 0 Å². The van der Waals surface area contributed by atoms with E-state index < -0.39 is 0 Å². The van der Waals surface area contributed by atoms with Crippen LogP contribution in [0.3, 0.4) is 0 Å². The first kappa shape index (κ1) is 15.1. The van der Waals surface area contributed by atoms with Crippen LogP contribution >= 0.6 is 15.9 Å². The average molecular weight is 412 g/mol. The summed E-state index contributed by atoms with van der Waals surface area (Å²) < 4.78 is 9.55. The zero-order valence-electron chi connectivity index (χ0n) is 14.3. The van der Waals surface area contributed by atoms with E-state index in [-0.39, 0.29) is 0 Å². The fraction of sp³-hybridized carbons (Fsp3) is 0. The number of benzene rings is 4. The summed E-state index contributed by atoms with van der Waals surface area (Å²) in [7, 11) is 0. The van der Waals surface area contributed by atoms with Crippen molar-refractivity contribution < 1.29 is 4.42 Å². The van der Waals surface area contributed by atoms with Gasteiger partial charge in [0.05, 0.1) is 20.9 Å². The summed E-state index contributed by atoms with van der Waals surface area (Å²) in [4.78, 5) is 0. The summed E-state index contributed by atoms with van der Waals surface area (Å²) in [6.45, 7) is 0. The average Bonchev–Trinajstić information content (AvgIpc) is 3.25. The third-order valence-corrected chi connectivity index (χ3v) is 5.84. The van der Waals surface area contributed by atoms with Crippen molar-refractivity contribution in [2.45, 2.75) is 0 Å². The second kappa shape index (κ2) is 5.48. The quantitative estimate of drug-likeness (QED) is 0.274. The molecule has 0 saturated carbocycles. The molecule has 128 valence electrons. The fourth-order valence-electron chi connectivity index (χ4n) is 4.14. The number of aromatic nitrogens is 1. The summed E-state index contributed by atoms with van der Waals surface area (Å²) in [5, 5.41) is 4.75. The molecule has 2 aromatic heterocycles. The van der Waals surface area contributed by atoms with Gasteiger partial charge in [0, 0.05) is 21.8 Å². The van der Waals surface area contributed by atoms with E-state index in [4.69, 9.17) is 4.42 Å². The van der Waals surface area contributed by atoms with Gasteiger partial charge in [-0.1, -0.05) is 54.6 Å². The van der Waals surface area contributed by atoms with Crippen LogP contribution in [0.5, 0.6) is 0 Å². The molecule has 3 heteroatoms. The number of hydrogen-bond donors (Lipinski definition) is 0. The predicted octanol–water partition coefficient (Wildman–Crippen LogP) is 7.45. The molecule has 0 aliphatic heterocycles. The van der Waals surface area contributed by atoms with Gasteiger partial charge in [0.25, 0.3) is 0 Å². The van der Waals surface area contributed by atoms with Gasteiger partial charge in [0.2, 0.25) is 0 Å². The molecule has 4 aromatic carbocycles. The zero-order chi connectivity index (χ0) is 18.0. The van der Waals surface area contributed by atoms with Gasteiger partial charge in [-0.2, -0.15) is 0 Å². The number of rotatable bonds is 1. The fourth-order valence-corrected chi connectivity index (χ4v) is 4.65. The van der Waals surface area contributed by atoms with Crippen LogP contribution in [0.1, 0.15) is 0 Å². The van der Waals surface area contributed by atoms with Gasteiger partial charge < -0.3 is 8.98 Å². The van der Waals surface area contributed by atoms with Gasteiger partial charge in [-0.15, -0.1) is 0 Å². The minimum absolute atomic E-state index is 0.892. The highest BCUT2D eigenvalue weighted by atomic mass is 79.9. The summed E-state index contributed by atoms with van der Waals surface area (Å²) in [6.07, 6.45) is 0. The Kier molecular flexibility index (Phi) is 3.06. The summed E-state index contributed by atoms with van der Waals surface area (Å²) >= 11 is 3.74. The highest BCUT2D eigenvalue weighted by molar-refractivity contribution is 9.10. The van der Waals surface area contributed by atoms with E-state index in [1.54, 1.807) is 0 Å². The monoisotopic (exact) mass is 411 g/mol. The molecular weight excluding hydrogens is 398 g/mol. The van der Waals surface area contributed by atoms with Crippen LogP contribution in [-0.2, 0) is 0 Å². The molecule has 6 aromatic rings. The van der Waals surface area contributed by atoms with Gasteiger partial charge in [0.1, 0.15) is 5.58 Å². The molecule has 0 amide bonds. The molecule has 6 rings (SSSR count). The third kappa shape index (κ3) is 2.00. The molecule has 0 radical (unpaired) electrons. The minimum atomic E-state index is 0.892. The molecule has 0 atom stereocenters. The van der Waals surface area contributed by atoms with Crippen molar-refractivity contribution >= 4 is 59.7 Å². The smallest absolute Gasteiger partial charge is 0.151 e. The molecule has 0 saturated heterocycles. The minimum Gasteiger partial charge on any atom is -0.455 e. The van der Waals surface area contributed by atoms with Crippen molar-refractivity contribution in [2.24, 2.45) is 0 Å². The van der Waals surface area contributed by atoms with Crippen LogP contribution < -0.4 is 0 Å². The largest absolute Gasteiger partial charge is 0.455 e. The molecule has 0 bridgehead atoms. The molecule has 0 aliphatic carbocycles. The van der Waals surface area contributed by atoms with Crippen LogP contribution in [0.15, 0.2) is 93.8 Å². The molecule has 0 N–H and O–H groups in total. The molecule has 27 heavy (non-hydrogen) atoms. The number of hydrogen-bond acceptors (Lipinski definition) is 1. The molecular formula is C24H14BrNO. The number of para-hydroxylation sites is 3. The van der Waals surface area contributed by atoms with Crippen LogP contribution in [0.2, 0.25) is 0 Å². The number of fused-ring (bicyclic) bond motifs is 7. The van der Waals surface area contributed by atoms with E-state index in [1.807, 2.05) is 12.1 Å². The normalized spacial score (nSPS) is 11.9. The third-order valence-electron chi connectivity index (χ3n) is 5.25. The van der Waals surface area contributed by atoms with Crippen LogP contribution in [0.4, 0.5) is 0 Å². The van der Waals surface area contributed by atoms with Crippen molar-refractivity contribution in [3.63, 3.8) is 0 Å². The van der Waals surface area contributed by atoms with E-state index in [9.17, 15) is 0 Å². The highest BCUT2D eigenvalue weighted by Gasteiger charge is 2.20. The summed E-state index contributed by atoms with van der Waals surface area (Å²) in [6, 6.07) is 29.5. The lowest BCUT2D eigenvalue weighted by atomic mass is 10.1. The van der Waals surface area contributed by atoms with Crippen molar-refractivity contribution in [3.05, 3.63) is 89.4 Å². The predicted molar refractivity (Wildman–Crippen MR) is 116 cm³/mol. The van der Waals surface area contributed by atoms with Crippen LogP contribution in [-0.4, -0.2) is 4.57 Å². The lowest BCUT2D eigenvalue weighted by Crippen LogP contribution is -1.93. The number of halogens is 1. The van der Waals surface area contributed by atoms with E-state index in [0.717, 1.165) is 32.1 Å². The Morgan fingerprint density at radius 1 is 0.704 bits per heavy atom. The van der Waals surface area contributed by atoms with Crippen molar-refractivity contribution in [2.75, 3.05) is 0 Å². The molecule has 0 fully saturated rings. The van der Waals surface area contributed by atoms with Crippen molar-refractivity contribution in [1.82, 2.24) is 4.57 Å². The first-order chi connectivity index (χ1) is 13.3. The van der Waals surface area contributed by atoms with E-state index >= 15 is 0 Å². The van der Waals surface area contributed by atoms with E-state index in [2.05, 4.69) is 93.3 Å². The molecule has 2 heterocycles. The van der Waals surface area contributed by atoms with Gasteiger partial charge in [0.15, 0.2) is 5.58 Å². The second-order valence-corrected chi connectivity index (χ2v) is 7.60. The van der Waals surface area contributed by atoms with Gasteiger partial charge in [-0.3, -0.25) is 0 Å². The Morgan fingerprint density at radius 2 is 1.41 bits per heavy atom. The van der Waals surface area contributed by atoms with Crippen LogP contribution in [0, 0.1) is 0 Å². The number of nitrogens with zero attached hydrogens (tertiary/aromatic N) is 1. The maximum atomic E-state index is 6.22. The Hall–Kier alpha value is -3.04. The standard InChI is InChI=1S/C24H14BrNO/c25-19-14-18-16-10-4-6-12-20(16)26(15-8-2-1-3-9-15)23(18)22-17-11-5-7-13-21(17)27-24(19)22/h1-14H. The molecule has 0 unspecified atom stereocenters. The summed E-state index contributed by atoms with van der Waals surface area (Å²) in [5.41, 5.74) is 5.33. The molecule has 2 nitrogen and oxygen atoms in total. The first-order valence-corrected chi connectivity index (χ1v) is 9.70. The van der Waals surface area contributed by atoms with E-state index in [1.165, 1.54) is 21.8 Å². The Morgan fingerprint density at radius 3 is 2.26 bits per heavy atom. The van der Waals surface area contributed by atoms with Crippen LogP contribution in [0.25, 0.3) is 49.4 Å². The molecule has 0 aliphatic rings. The maximum absolute atomic E-state index is 6.22.